The minimum atomic E-state index is 0.425. The molecule has 2 aliphatic rings. The van der Waals surface area contributed by atoms with E-state index in [1.807, 2.05) is 11.1 Å². The number of nitriles is 1. The highest BCUT2D eigenvalue weighted by Gasteiger charge is 2.35. The molecule has 2 atom stereocenters. The van der Waals surface area contributed by atoms with E-state index in [2.05, 4.69) is 16.4 Å². The Morgan fingerprint density at radius 3 is 3.33 bits per heavy atom. The van der Waals surface area contributed by atoms with E-state index in [4.69, 9.17) is 5.26 Å². The van der Waals surface area contributed by atoms with Gasteiger partial charge in [-0.15, -0.1) is 0 Å². The number of rotatable bonds is 0. The fraction of sp³-hybridized carbons (Fsp3) is 0.636. The van der Waals surface area contributed by atoms with Gasteiger partial charge >= 0.3 is 0 Å². The van der Waals surface area contributed by atoms with Gasteiger partial charge in [-0.2, -0.15) is 10.4 Å². The van der Waals surface area contributed by atoms with E-state index < -0.39 is 0 Å². The molecular weight excluding hydrogens is 188 g/mol. The summed E-state index contributed by atoms with van der Waals surface area (Å²) in [4.78, 5) is 1.96. The molecular formula is C11H14N4. The predicted molar refractivity (Wildman–Crippen MR) is 54.8 cm³/mol. The summed E-state index contributed by atoms with van der Waals surface area (Å²) in [6.07, 6.45) is 8.70. The highest BCUT2D eigenvalue weighted by atomic mass is 15.2. The number of likely N-dealkylation sites (tertiary alicyclic amines) is 1. The smallest absolute Gasteiger partial charge is 0.179 e. The van der Waals surface area contributed by atoms with Crippen molar-refractivity contribution < 1.29 is 0 Å². The predicted octanol–water partition coefficient (Wildman–Crippen LogP) is 1.07. The first kappa shape index (κ1) is 8.78. The maximum Gasteiger partial charge on any atom is 0.179 e. The molecule has 4 heteroatoms. The van der Waals surface area contributed by atoms with E-state index in [0.717, 1.165) is 25.8 Å². The zero-order chi connectivity index (χ0) is 10.3. The fourth-order valence-electron chi connectivity index (χ4n) is 2.95. The van der Waals surface area contributed by atoms with Crippen LogP contribution in [0.25, 0.3) is 0 Å². The van der Waals surface area contributed by atoms with Crippen LogP contribution in [0.3, 0.4) is 0 Å². The summed E-state index contributed by atoms with van der Waals surface area (Å²) in [5.74, 6) is 0.645. The van der Waals surface area contributed by atoms with Gasteiger partial charge in [0.25, 0.3) is 0 Å². The van der Waals surface area contributed by atoms with Crippen LogP contribution >= 0.6 is 0 Å². The maximum absolute atomic E-state index is 9.08. The van der Waals surface area contributed by atoms with Crippen molar-refractivity contribution in [2.24, 2.45) is 5.92 Å². The summed E-state index contributed by atoms with van der Waals surface area (Å²) in [5, 5.41) is 16.2. The Labute approximate surface area is 88.9 Å². The molecule has 1 N–H and O–H groups in total. The van der Waals surface area contributed by atoms with Gasteiger partial charge < -0.3 is 4.90 Å². The molecule has 4 nitrogen and oxygen atoms in total. The lowest BCUT2D eigenvalue weighted by atomic mass is 9.78. The van der Waals surface area contributed by atoms with E-state index in [9.17, 15) is 0 Å². The number of nitrogens with one attached hydrogen (secondary N) is 1. The van der Waals surface area contributed by atoms with Crippen molar-refractivity contribution >= 4 is 0 Å². The summed E-state index contributed by atoms with van der Waals surface area (Å²) >= 11 is 0. The summed E-state index contributed by atoms with van der Waals surface area (Å²) in [5.41, 5.74) is 2.59. The molecule has 1 saturated heterocycles. The Balaban J connectivity index is 1.91. The van der Waals surface area contributed by atoms with Gasteiger partial charge in [0.2, 0.25) is 0 Å². The minimum absolute atomic E-state index is 0.425. The molecule has 1 aromatic rings. The van der Waals surface area contributed by atoms with Crippen molar-refractivity contribution in [1.29, 1.82) is 5.26 Å². The molecule has 0 radical (unpaired) electrons. The molecule has 1 aliphatic carbocycles. The van der Waals surface area contributed by atoms with Crippen LogP contribution in [0, 0.1) is 17.4 Å². The molecule has 0 aromatic carbocycles. The van der Waals surface area contributed by atoms with Gasteiger partial charge in [0.1, 0.15) is 0 Å². The Morgan fingerprint density at radius 1 is 1.53 bits per heavy atom. The summed E-state index contributed by atoms with van der Waals surface area (Å²) < 4.78 is 0. The minimum Gasteiger partial charge on any atom is -0.307 e. The highest BCUT2D eigenvalue weighted by Crippen LogP contribution is 2.33. The summed E-state index contributed by atoms with van der Waals surface area (Å²) in [7, 11) is 0. The molecule has 0 amide bonds. The van der Waals surface area contributed by atoms with Crippen molar-refractivity contribution in [2.75, 3.05) is 6.54 Å². The van der Waals surface area contributed by atoms with Crippen LogP contribution in [-0.4, -0.2) is 27.7 Å². The lowest BCUT2D eigenvalue weighted by Gasteiger charge is -2.40. The normalized spacial score (nSPS) is 29.1. The van der Waals surface area contributed by atoms with Crippen LogP contribution in [0.2, 0.25) is 0 Å². The Hall–Kier alpha value is -1.50. The first-order valence-corrected chi connectivity index (χ1v) is 5.56. The first-order chi connectivity index (χ1) is 7.38. The molecule has 15 heavy (non-hydrogen) atoms. The number of piperidine rings is 1. The van der Waals surface area contributed by atoms with Crippen molar-refractivity contribution in [3.05, 3.63) is 17.5 Å². The van der Waals surface area contributed by atoms with Gasteiger partial charge in [0, 0.05) is 18.3 Å². The molecule has 0 unspecified atom stereocenters. The third kappa shape index (κ3) is 1.30. The van der Waals surface area contributed by atoms with Crippen molar-refractivity contribution in [2.45, 2.75) is 31.7 Å². The quantitative estimate of drug-likeness (QED) is 0.640. The molecule has 0 bridgehead atoms. The number of hydrogen-bond acceptors (Lipinski definition) is 3. The zero-order valence-corrected chi connectivity index (χ0v) is 8.61. The van der Waals surface area contributed by atoms with Crippen LogP contribution in [0.1, 0.15) is 24.1 Å². The first-order valence-electron chi connectivity index (χ1n) is 5.56. The molecule has 1 aromatic heterocycles. The molecule has 78 valence electrons. The molecule has 2 heterocycles. The van der Waals surface area contributed by atoms with Crippen molar-refractivity contribution in [1.82, 2.24) is 15.1 Å². The second-order valence-corrected chi connectivity index (χ2v) is 4.55. The highest BCUT2D eigenvalue weighted by molar-refractivity contribution is 5.23. The van der Waals surface area contributed by atoms with Crippen LogP contribution in [0.4, 0.5) is 0 Å². The average Bonchev–Trinajstić information content (AvgIpc) is 2.72. The molecule has 1 fully saturated rings. The van der Waals surface area contributed by atoms with Crippen LogP contribution in [0.5, 0.6) is 0 Å². The van der Waals surface area contributed by atoms with Crippen molar-refractivity contribution in [3.63, 3.8) is 0 Å². The molecule has 3 rings (SSSR count). The number of H-pyrrole nitrogens is 1. The van der Waals surface area contributed by atoms with Crippen LogP contribution in [0.15, 0.2) is 6.20 Å². The Kier molecular flexibility index (Phi) is 1.91. The van der Waals surface area contributed by atoms with E-state index >= 15 is 0 Å². The van der Waals surface area contributed by atoms with E-state index in [0.29, 0.717) is 12.0 Å². The van der Waals surface area contributed by atoms with Gasteiger partial charge in [-0.1, -0.05) is 0 Å². The van der Waals surface area contributed by atoms with Crippen LogP contribution < -0.4 is 0 Å². The lowest BCUT2D eigenvalue weighted by molar-refractivity contribution is 0.140. The number of aromatic amines is 1. The SMILES string of the molecule is N#CN1CCC[C@H]2Cc3[nH]ncc3C[C@@H]21. The monoisotopic (exact) mass is 202 g/mol. The zero-order valence-electron chi connectivity index (χ0n) is 8.61. The number of fused-ring (bicyclic) bond motifs is 2. The Morgan fingerprint density at radius 2 is 2.47 bits per heavy atom. The maximum atomic E-state index is 9.08. The topological polar surface area (TPSA) is 55.7 Å². The number of aromatic nitrogens is 2. The third-order valence-corrected chi connectivity index (χ3v) is 3.75. The van der Waals surface area contributed by atoms with Crippen LogP contribution in [-0.2, 0) is 12.8 Å². The third-order valence-electron chi connectivity index (χ3n) is 3.75. The lowest BCUT2D eigenvalue weighted by Crippen LogP contribution is -2.46. The number of nitrogens with zero attached hydrogens (tertiary/aromatic N) is 3. The molecule has 1 aliphatic heterocycles. The largest absolute Gasteiger partial charge is 0.307 e. The second kappa shape index (κ2) is 3.27. The van der Waals surface area contributed by atoms with Gasteiger partial charge in [-0.25, -0.2) is 0 Å². The van der Waals surface area contributed by atoms with Gasteiger partial charge in [-0.3, -0.25) is 5.10 Å². The average molecular weight is 202 g/mol. The van der Waals surface area contributed by atoms with Gasteiger partial charge in [0.15, 0.2) is 6.19 Å². The number of hydrogen-bond donors (Lipinski definition) is 1. The molecule has 0 spiro atoms. The summed E-state index contributed by atoms with van der Waals surface area (Å²) in [6, 6.07) is 0.425. The Bertz CT molecular complexity index is 403. The summed E-state index contributed by atoms with van der Waals surface area (Å²) in [6.45, 7) is 0.935. The van der Waals surface area contributed by atoms with E-state index in [-0.39, 0.29) is 0 Å². The van der Waals surface area contributed by atoms with Gasteiger partial charge in [0.05, 0.1) is 6.20 Å². The fourth-order valence-corrected chi connectivity index (χ4v) is 2.95. The standard InChI is InChI=1S/C11H14N4/c12-7-15-3-1-2-8-4-10-9(5-11(8)15)6-13-14-10/h6,8,11H,1-5H2,(H,13,14)/t8-,11-/m0/s1. The van der Waals surface area contributed by atoms with E-state index in [1.165, 1.54) is 17.7 Å². The molecule has 0 saturated carbocycles. The van der Waals surface area contributed by atoms with E-state index in [1.54, 1.807) is 0 Å². The second-order valence-electron chi connectivity index (χ2n) is 4.55. The van der Waals surface area contributed by atoms with Gasteiger partial charge in [-0.05, 0) is 37.2 Å². The van der Waals surface area contributed by atoms with Crippen molar-refractivity contribution in [3.8, 4) is 6.19 Å².